The number of hydrogen-bond donors (Lipinski definition) is 1. The Bertz CT molecular complexity index is 1190. The quantitative estimate of drug-likeness (QED) is 0.283. The highest BCUT2D eigenvalue weighted by atomic mass is 79.9. The van der Waals surface area contributed by atoms with Crippen LogP contribution in [-0.4, -0.2) is 41.1 Å². The zero-order valence-electron chi connectivity index (χ0n) is 16.0. The summed E-state index contributed by atoms with van der Waals surface area (Å²) < 4.78 is 2.60. The average molecular weight is 668 g/mol. The highest BCUT2D eigenvalue weighted by Gasteiger charge is 2.15. The zero-order valence-corrected chi connectivity index (χ0v) is 22.2. The lowest BCUT2D eigenvalue weighted by atomic mass is 10.2. The number of rotatable bonds is 5. The summed E-state index contributed by atoms with van der Waals surface area (Å²) in [6, 6.07) is 15.5. The maximum absolute atomic E-state index is 10.7. The van der Waals surface area contributed by atoms with Gasteiger partial charge >= 0.3 is 5.97 Å². The second-order valence-corrected chi connectivity index (χ2v) is 9.54. The predicted molar refractivity (Wildman–Crippen MR) is 131 cm³/mol. The van der Waals surface area contributed by atoms with Gasteiger partial charge in [-0.2, -0.15) is 9.59 Å². The fourth-order valence-corrected chi connectivity index (χ4v) is 3.54. The van der Waals surface area contributed by atoms with Crippen molar-refractivity contribution in [3.63, 3.8) is 0 Å². The van der Waals surface area contributed by atoms with E-state index in [1.165, 1.54) is 4.80 Å². The van der Waals surface area contributed by atoms with Crippen LogP contribution in [0.5, 0.6) is 0 Å². The van der Waals surface area contributed by atoms with Crippen molar-refractivity contribution >= 4 is 77.0 Å². The molecule has 0 atom stereocenters. The van der Waals surface area contributed by atoms with Crippen LogP contribution >= 0.6 is 71.0 Å². The summed E-state index contributed by atoms with van der Waals surface area (Å²) in [4.78, 5) is 13.5. The van der Waals surface area contributed by atoms with Crippen LogP contribution in [0.2, 0.25) is 10.3 Å². The highest BCUT2D eigenvalue weighted by molar-refractivity contribution is 9.11. The second-order valence-electron chi connectivity index (χ2n) is 6.24. The molecular weight excluding hydrogens is 655 g/mol. The van der Waals surface area contributed by atoms with Gasteiger partial charge in [-0.1, -0.05) is 79.3 Å². The number of benzene rings is 2. The highest BCUT2D eigenvalue weighted by Crippen LogP contribution is 2.17. The van der Waals surface area contributed by atoms with Gasteiger partial charge in [0.05, 0.1) is 13.1 Å². The van der Waals surface area contributed by atoms with E-state index in [1.807, 2.05) is 48.5 Å². The molecule has 1 N–H and O–H groups in total. The first-order chi connectivity index (χ1) is 15.2. The number of carboxylic acid groups (broad SMARTS) is 1. The van der Waals surface area contributed by atoms with E-state index in [4.69, 9.17) is 28.3 Å². The van der Waals surface area contributed by atoms with Gasteiger partial charge in [0.15, 0.2) is 14.9 Å². The van der Waals surface area contributed by atoms with Crippen molar-refractivity contribution in [3.05, 3.63) is 89.2 Å². The molecule has 0 unspecified atom stereocenters. The Morgan fingerprint density at radius 2 is 1.19 bits per heavy atom. The lowest BCUT2D eigenvalue weighted by molar-refractivity contribution is 0.0689. The van der Waals surface area contributed by atoms with E-state index in [0.717, 1.165) is 20.1 Å². The Balaban J connectivity index is 0.000000182. The molecule has 32 heavy (non-hydrogen) atoms. The number of carbonyl (C=O) groups is 1. The van der Waals surface area contributed by atoms with Crippen molar-refractivity contribution in [1.29, 1.82) is 0 Å². The minimum atomic E-state index is -1.18. The van der Waals surface area contributed by atoms with E-state index >= 15 is 0 Å². The lowest BCUT2D eigenvalue weighted by Gasteiger charge is -1.99. The van der Waals surface area contributed by atoms with Crippen molar-refractivity contribution in [1.82, 2.24) is 30.0 Å². The normalized spacial score (nSPS) is 10.5. The molecular formula is C19H13Br3Cl2N6O2. The molecule has 0 saturated carbocycles. The van der Waals surface area contributed by atoms with Crippen LogP contribution in [-0.2, 0) is 13.1 Å². The van der Waals surface area contributed by atoms with E-state index in [2.05, 4.69) is 68.2 Å². The molecule has 0 spiro atoms. The van der Waals surface area contributed by atoms with Crippen molar-refractivity contribution in [3.8, 4) is 0 Å². The van der Waals surface area contributed by atoms with Gasteiger partial charge in [0, 0.05) is 8.95 Å². The third-order valence-corrected chi connectivity index (χ3v) is 6.20. The molecule has 4 rings (SSSR count). The smallest absolute Gasteiger partial charge is 0.359 e. The molecule has 0 aliphatic heterocycles. The van der Waals surface area contributed by atoms with Gasteiger partial charge in [-0.3, -0.25) is 0 Å². The monoisotopic (exact) mass is 664 g/mol. The minimum Gasteiger partial charge on any atom is -0.476 e. The van der Waals surface area contributed by atoms with Crippen LogP contribution in [0.25, 0.3) is 0 Å². The van der Waals surface area contributed by atoms with E-state index in [0.29, 0.717) is 22.8 Å². The molecule has 0 fully saturated rings. The molecule has 13 heteroatoms. The molecule has 2 aromatic carbocycles. The summed E-state index contributed by atoms with van der Waals surface area (Å²) in [6.45, 7) is 0.985. The number of nitrogens with zero attached hydrogens (tertiary/aromatic N) is 6. The summed E-state index contributed by atoms with van der Waals surface area (Å²) in [6.07, 6.45) is 0. The zero-order chi connectivity index (χ0) is 23.3. The van der Waals surface area contributed by atoms with Gasteiger partial charge < -0.3 is 5.11 Å². The molecule has 0 radical (unpaired) electrons. The summed E-state index contributed by atoms with van der Waals surface area (Å²) in [5.74, 6) is -1.18. The molecule has 2 heterocycles. The number of aromatic nitrogens is 6. The lowest BCUT2D eigenvalue weighted by Crippen LogP contribution is -2.05. The number of aromatic carboxylic acids is 1. The summed E-state index contributed by atoms with van der Waals surface area (Å²) in [5, 5.41) is 24.8. The number of halogens is 5. The van der Waals surface area contributed by atoms with Crippen LogP contribution < -0.4 is 0 Å². The Morgan fingerprint density at radius 1 is 0.750 bits per heavy atom. The van der Waals surface area contributed by atoms with E-state index < -0.39 is 5.97 Å². The first-order valence-corrected chi connectivity index (χ1v) is 11.9. The van der Waals surface area contributed by atoms with Crippen LogP contribution in [0.3, 0.4) is 0 Å². The predicted octanol–water partition coefficient (Wildman–Crippen LogP) is 5.95. The van der Waals surface area contributed by atoms with Crippen LogP contribution in [0, 0.1) is 0 Å². The van der Waals surface area contributed by atoms with Crippen molar-refractivity contribution in [2.45, 2.75) is 13.1 Å². The molecule has 4 aromatic rings. The van der Waals surface area contributed by atoms with E-state index in [-0.39, 0.29) is 10.8 Å². The molecule has 0 saturated heterocycles. The average Bonchev–Trinajstić information content (AvgIpc) is 3.27. The van der Waals surface area contributed by atoms with Crippen LogP contribution in [0.4, 0.5) is 0 Å². The topological polar surface area (TPSA) is 98.7 Å². The van der Waals surface area contributed by atoms with Gasteiger partial charge in [-0.15, -0.1) is 20.4 Å². The third kappa shape index (κ3) is 7.11. The second kappa shape index (κ2) is 11.4. The van der Waals surface area contributed by atoms with Crippen molar-refractivity contribution in [2.24, 2.45) is 0 Å². The van der Waals surface area contributed by atoms with E-state index in [9.17, 15) is 4.79 Å². The van der Waals surface area contributed by atoms with Gasteiger partial charge in [-0.05, 0) is 51.3 Å². The van der Waals surface area contributed by atoms with E-state index in [1.54, 1.807) is 4.80 Å². The van der Waals surface area contributed by atoms with Crippen LogP contribution in [0.15, 0.2) is 62.1 Å². The number of hydrogen-bond acceptors (Lipinski definition) is 5. The molecule has 2 aromatic heterocycles. The summed E-state index contributed by atoms with van der Waals surface area (Å²) in [5.41, 5.74) is 1.85. The van der Waals surface area contributed by atoms with Gasteiger partial charge in [-0.25, -0.2) is 4.79 Å². The third-order valence-electron chi connectivity index (χ3n) is 3.87. The van der Waals surface area contributed by atoms with Crippen molar-refractivity contribution in [2.75, 3.05) is 0 Å². The van der Waals surface area contributed by atoms with Crippen LogP contribution in [0.1, 0.15) is 21.6 Å². The van der Waals surface area contributed by atoms with Gasteiger partial charge in [0.2, 0.25) is 5.69 Å². The van der Waals surface area contributed by atoms with Gasteiger partial charge in [0.1, 0.15) is 0 Å². The summed E-state index contributed by atoms with van der Waals surface area (Å²) in [7, 11) is 0. The molecule has 0 bridgehead atoms. The Hall–Kier alpha value is -1.79. The van der Waals surface area contributed by atoms with Crippen molar-refractivity contribution < 1.29 is 9.90 Å². The minimum absolute atomic E-state index is 0.102. The maximum Gasteiger partial charge on any atom is 0.359 e. The fourth-order valence-electron chi connectivity index (χ4n) is 2.41. The SMILES string of the molecule is Clc1nn(Cc2ccc(Br)cc2)nc1Br.O=C(O)c1nn(Cc2ccc(Br)cc2)nc1Cl. The molecule has 0 aliphatic rings. The standard InChI is InChI=1S/C10H7BrClN3O2.C9H6Br2ClN3/c11-7-3-1-6(2-4-7)5-15-13-8(10(16)17)9(12)14-15;10-7-3-1-6(2-4-7)5-15-13-8(11)9(12)14-15/h1-4H,5H2,(H,16,17);1-4H,5H2. The Labute approximate surface area is 217 Å². The molecule has 0 amide bonds. The number of carboxylic acids is 1. The largest absolute Gasteiger partial charge is 0.476 e. The summed E-state index contributed by atoms with van der Waals surface area (Å²) >= 11 is 21.3. The Kier molecular flexibility index (Phi) is 8.83. The molecule has 0 aliphatic carbocycles. The molecule has 8 nitrogen and oxygen atoms in total. The fraction of sp³-hybridized carbons (Fsp3) is 0.105. The first kappa shape index (κ1) is 24.8. The Morgan fingerprint density at radius 3 is 1.56 bits per heavy atom. The molecule has 166 valence electrons. The van der Waals surface area contributed by atoms with Gasteiger partial charge in [0.25, 0.3) is 0 Å². The maximum atomic E-state index is 10.7. The first-order valence-electron chi connectivity index (χ1n) is 8.80.